The largest absolute Gasteiger partial charge is 0.145 e. The number of allylic oxidation sites excluding steroid dienone is 2. The first kappa shape index (κ1) is 35.0. The van der Waals surface area contributed by atoms with Crippen molar-refractivity contribution in [2.24, 2.45) is 17.3 Å². The summed E-state index contributed by atoms with van der Waals surface area (Å²) in [6.45, 7) is 24.0. The van der Waals surface area contributed by atoms with Crippen LogP contribution in [0.15, 0.2) is 102 Å². The minimum Gasteiger partial charge on any atom is -0.145 e. The van der Waals surface area contributed by atoms with Crippen LogP contribution in [0.2, 0.25) is 0 Å². The Bertz CT molecular complexity index is 1810. The molecule has 48 heavy (non-hydrogen) atoms. The van der Waals surface area contributed by atoms with Gasteiger partial charge in [0.2, 0.25) is 0 Å². The summed E-state index contributed by atoms with van der Waals surface area (Å²) in [5.41, 5.74) is 8.80. The molecule has 1 aliphatic rings. The summed E-state index contributed by atoms with van der Waals surface area (Å²) in [6.07, 6.45) is 2.41. The molecule has 0 N–H and O–H groups in total. The van der Waals surface area contributed by atoms with Gasteiger partial charge in [-0.1, -0.05) is 153 Å². The van der Waals surface area contributed by atoms with Crippen LogP contribution in [0.25, 0.3) is 5.57 Å². The Balaban J connectivity index is 1.75. The molecule has 2 atom stereocenters. The van der Waals surface area contributed by atoms with Gasteiger partial charge in [-0.2, -0.15) is 0 Å². The Hall–Kier alpha value is -2.82. The predicted octanol–water partition coefficient (Wildman–Crippen LogP) is 11.3. The lowest BCUT2D eigenvalue weighted by molar-refractivity contribution is 0.208. The molecule has 248 valence electrons. The quantitative estimate of drug-likeness (QED) is 0.135. The third-order valence-corrected chi connectivity index (χ3v) is 16.9. The zero-order chi connectivity index (χ0) is 34.3. The molecule has 1 heterocycles. The smallest absolute Gasteiger partial charge is 0.0107 e. The van der Waals surface area contributed by atoms with Gasteiger partial charge < -0.3 is 0 Å². The van der Waals surface area contributed by atoms with Crippen LogP contribution in [-0.2, 0) is 0 Å². The number of hydrogen-bond acceptors (Lipinski definition) is 1. The SMILES string of the molecule is CCC[C@H]1C(P(c2cc(C)cc(C)c2)c2cc(C)cc(C)c2)=C(c2c(C)sc(C)c2P(c2ccccc2)c2ccccc2)C(C)C1(C)C. The van der Waals surface area contributed by atoms with Crippen molar-refractivity contribution in [2.45, 2.75) is 82.1 Å². The molecule has 0 saturated carbocycles. The summed E-state index contributed by atoms with van der Waals surface area (Å²) >= 11 is 2.02. The molecule has 5 aromatic rings. The summed E-state index contributed by atoms with van der Waals surface area (Å²) in [5, 5.41) is 9.19. The maximum atomic E-state index is 2.58. The van der Waals surface area contributed by atoms with Gasteiger partial charge in [-0.3, -0.25) is 0 Å². The van der Waals surface area contributed by atoms with Gasteiger partial charge in [0.25, 0.3) is 0 Å². The van der Waals surface area contributed by atoms with Gasteiger partial charge in [-0.15, -0.1) is 11.3 Å². The first-order valence-corrected chi connectivity index (χ1v) is 21.1. The second kappa shape index (κ2) is 14.2. The molecule has 3 heteroatoms. The van der Waals surface area contributed by atoms with E-state index in [2.05, 4.69) is 166 Å². The number of benzene rings is 4. The van der Waals surface area contributed by atoms with Crippen molar-refractivity contribution in [1.82, 2.24) is 0 Å². The highest BCUT2D eigenvalue weighted by Crippen LogP contribution is 2.66. The van der Waals surface area contributed by atoms with Crippen molar-refractivity contribution >= 4 is 59.3 Å². The average molecular weight is 687 g/mol. The summed E-state index contributed by atoms with van der Waals surface area (Å²) in [4.78, 5) is 2.95. The predicted molar refractivity (Wildman–Crippen MR) is 219 cm³/mol. The first-order valence-electron chi connectivity index (χ1n) is 17.6. The highest BCUT2D eigenvalue weighted by Gasteiger charge is 2.50. The van der Waals surface area contributed by atoms with Crippen LogP contribution in [0.1, 0.15) is 78.1 Å². The van der Waals surface area contributed by atoms with Crippen molar-refractivity contribution in [1.29, 1.82) is 0 Å². The molecule has 4 aromatic carbocycles. The van der Waals surface area contributed by atoms with Gasteiger partial charge in [0.1, 0.15) is 0 Å². The van der Waals surface area contributed by atoms with Crippen LogP contribution in [0.5, 0.6) is 0 Å². The lowest BCUT2D eigenvalue weighted by atomic mass is 9.72. The molecule has 6 rings (SSSR count). The second-order valence-electron chi connectivity index (χ2n) is 14.7. The van der Waals surface area contributed by atoms with E-state index in [0.717, 1.165) is 0 Å². The Morgan fingerprint density at radius 1 is 0.604 bits per heavy atom. The molecule has 1 aromatic heterocycles. The van der Waals surface area contributed by atoms with Crippen LogP contribution in [0.4, 0.5) is 0 Å². The maximum Gasteiger partial charge on any atom is 0.0107 e. The number of rotatable bonds is 9. The standard InChI is InChI=1S/C45H52P2S/c1-11-18-40-44(47(38-25-29(2)23-30(3)26-38)39-27-31(4)24-32(5)28-39)41(33(6)45(40,9)10)42-34(7)48-35(8)43(42)46(36-19-14-12-15-20-36)37-21-16-13-17-22-37/h12-17,19-28,33,40H,11,18H2,1-10H3/t33?,40-/m0/s1. The maximum absolute atomic E-state index is 2.58. The van der Waals surface area contributed by atoms with Crippen molar-refractivity contribution in [2.75, 3.05) is 0 Å². The number of thiophene rings is 1. The molecule has 1 aliphatic carbocycles. The summed E-state index contributed by atoms with van der Waals surface area (Å²) in [5.74, 6) is 0.938. The van der Waals surface area contributed by atoms with Crippen molar-refractivity contribution in [3.8, 4) is 0 Å². The van der Waals surface area contributed by atoms with Gasteiger partial charge >= 0.3 is 0 Å². The van der Waals surface area contributed by atoms with E-state index in [1.54, 1.807) is 21.8 Å². The monoisotopic (exact) mass is 686 g/mol. The zero-order valence-electron chi connectivity index (χ0n) is 30.6. The van der Waals surface area contributed by atoms with E-state index in [0.29, 0.717) is 11.8 Å². The van der Waals surface area contributed by atoms with E-state index >= 15 is 0 Å². The first-order chi connectivity index (χ1) is 22.9. The molecule has 0 fully saturated rings. The Morgan fingerprint density at radius 2 is 1.06 bits per heavy atom. The molecule has 0 radical (unpaired) electrons. The van der Waals surface area contributed by atoms with Gasteiger partial charge in [0, 0.05) is 20.6 Å². The molecule has 1 unspecified atom stereocenters. The molecule has 0 amide bonds. The molecule has 0 bridgehead atoms. The van der Waals surface area contributed by atoms with E-state index < -0.39 is 15.8 Å². The highest BCUT2D eigenvalue weighted by atomic mass is 32.1. The highest BCUT2D eigenvalue weighted by molar-refractivity contribution is 7.80. The topological polar surface area (TPSA) is 0 Å². The average Bonchev–Trinajstić information content (AvgIpc) is 3.41. The fourth-order valence-electron chi connectivity index (χ4n) is 8.26. The van der Waals surface area contributed by atoms with Crippen molar-refractivity contribution in [3.63, 3.8) is 0 Å². The number of aryl methyl sites for hydroxylation is 6. The second-order valence-corrected chi connectivity index (χ2v) is 20.4. The lowest BCUT2D eigenvalue weighted by Gasteiger charge is -2.35. The van der Waals surface area contributed by atoms with Crippen LogP contribution in [0, 0.1) is 58.8 Å². The fourth-order valence-corrected chi connectivity index (χ4v) is 15.8. The Labute approximate surface area is 297 Å². The summed E-state index contributed by atoms with van der Waals surface area (Å²) < 4.78 is 0. The molecular formula is C45H52P2S. The third kappa shape index (κ3) is 6.56. The lowest BCUT2D eigenvalue weighted by Crippen LogP contribution is -2.28. The normalized spacial score (nSPS) is 17.6. The van der Waals surface area contributed by atoms with Crippen LogP contribution >= 0.6 is 27.2 Å². The van der Waals surface area contributed by atoms with Gasteiger partial charge in [-0.05, 0) is 113 Å². The molecule has 0 nitrogen and oxygen atoms in total. The number of hydrogen-bond donors (Lipinski definition) is 0. The molecule has 0 saturated heterocycles. The van der Waals surface area contributed by atoms with Gasteiger partial charge in [-0.25, -0.2) is 0 Å². The van der Waals surface area contributed by atoms with Crippen LogP contribution in [-0.4, -0.2) is 0 Å². The van der Waals surface area contributed by atoms with E-state index in [1.807, 2.05) is 11.3 Å². The molecule has 0 spiro atoms. The van der Waals surface area contributed by atoms with Gasteiger partial charge in [0.05, 0.1) is 0 Å². The van der Waals surface area contributed by atoms with Crippen molar-refractivity contribution in [3.05, 3.63) is 140 Å². The van der Waals surface area contributed by atoms with E-state index in [9.17, 15) is 0 Å². The van der Waals surface area contributed by atoms with Gasteiger partial charge in [0.15, 0.2) is 0 Å². The summed E-state index contributed by atoms with van der Waals surface area (Å²) in [6, 6.07) is 37.4. The summed E-state index contributed by atoms with van der Waals surface area (Å²) in [7, 11) is -1.51. The molecular weight excluding hydrogens is 635 g/mol. The van der Waals surface area contributed by atoms with Crippen molar-refractivity contribution < 1.29 is 0 Å². The van der Waals surface area contributed by atoms with E-state index in [4.69, 9.17) is 0 Å². The van der Waals surface area contributed by atoms with Crippen LogP contribution in [0.3, 0.4) is 0 Å². The Morgan fingerprint density at radius 3 is 1.50 bits per heavy atom. The van der Waals surface area contributed by atoms with Crippen LogP contribution < -0.4 is 26.5 Å². The Kier molecular flexibility index (Phi) is 10.4. The third-order valence-electron chi connectivity index (χ3n) is 10.6. The fraction of sp³-hybridized carbons (Fsp3) is 0.333. The minimum absolute atomic E-state index is 0.140. The minimum atomic E-state index is -0.768. The van der Waals surface area contributed by atoms with E-state index in [-0.39, 0.29) is 5.41 Å². The zero-order valence-corrected chi connectivity index (χ0v) is 33.2. The van der Waals surface area contributed by atoms with E-state index in [1.165, 1.54) is 66.1 Å². The molecule has 0 aliphatic heterocycles.